The van der Waals surface area contributed by atoms with Gasteiger partial charge in [-0.25, -0.2) is 0 Å². The summed E-state index contributed by atoms with van der Waals surface area (Å²) >= 11 is 0. The van der Waals surface area contributed by atoms with Crippen LogP contribution in [0.3, 0.4) is 0 Å². The highest BCUT2D eigenvalue weighted by Gasteiger charge is 2.30. The van der Waals surface area contributed by atoms with E-state index in [1.54, 1.807) is 25.2 Å². The molecule has 1 aromatic rings. The molecule has 0 bridgehead atoms. The van der Waals surface area contributed by atoms with Gasteiger partial charge in [-0.05, 0) is 68.6 Å². The predicted molar refractivity (Wildman–Crippen MR) is 114 cm³/mol. The molecule has 2 rings (SSSR count). The van der Waals surface area contributed by atoms with Crippen LogP contribution in [0.5, 0.6) is 0 Å². The van der Waals surface area contributed by atoms with Crippen molar-refractivity contribution >= 4 is 29.4 Å². The fourth-order valence-corrected chi connectivity index (χ4v) is 3.84. The lowest BCUT2D eigenvalue weighted by atomic mass is 9.82. The molecular weight excluding hydrogens is 352 g/mol. The van der Waals surface area contributed by atoms with Crippen LogP contribution >= 0.6 is 0 Å². The quantitative estimate of drug-likeness (QED) is 0.367. The Balaban J connectivity index is 2.31. The number of nitrogens with one attached hydrogen (secondary N) is 2. The molecule has 0 aliphatic heterocycles. The predicted octanol–water partition coefficient (Wildman–Crippen LogP) is 3.07. The van der Waals surface area contributed by atoms with Gasteiger partial charge >= 0.3 is 5.91 Å². The Hall–Kier alpha value is -3.07. The van der Waals surface area contributed by atoms with Crippen LogP contribution < -0.4 is 16.0 Å². The topological polar surface area (TPSA) is 99.3 Å². The van der Waals surface area contributed by atoms with E-state index >= 15 is 0 Å². The molecule has 1 aliphatic rings. The first-order valence-corrected chi connectivity index (χ1v) is 9.49. The van der Waals surface area contributed by atoms with Crippen molar-refractivity contribution in [2.24, 2.45) is 11.7 Å². The van der Waals surface area contributed by atoms with Gasteiger partial charge in [-0.15, -0.1) is 6.42 Å². The van der Waals surface area contributed by atoms with Crippen molar-refractivity contribution in [2.45, 2.75) is 44.6 Å². The first kappa shape index (κ1) is 21.2. The summed E-state index contributed by atoms with van der Waals surface area (Å²) in [7, 11) is 1.72. The molecule has 0 saturated heterocycles. The molecule has 148 valence electrons. The zero-order chi connectivity index (χ0) is 20.7. The third kappa shape index (κ3) is 5.01. The molecule has 0 spiro atoms. The summed E-state index contributed by atoms with van der Waals surface area (Å²) in [5.74, 6) is 1.36. The molecule has 2 unspecified atom stereocenters. The summed E-state index contributed by atoms with van der Waals surface area (Å²) in [6.07, 6.45) is 12.0. The van der Waals surface area contributed by atoms with Crippen molar-refractivity contribution in [2.75, 3.05) is 17.3 Å². The Morgan fingerprint density at radius 3 is 2.86 bits per heavy atom. The van der Waals surface area contributed by atoms with Crippen LogP contribution in [0.15, 0.2) is 30.4 Å². The highest BCUT2D eigenvalue weighted by atomic mass is 16.2. The number of nitrogens with two attached hydrogens (primary N) is 1. The summed E-state index contributed by atoms with van der Waals surface area (Å²) in [6.45, 7) is 4.08. The number of benzene rings is 1. The number of hydrogen-bond acceptors (Lipinski definition) is 4. The molecular formula is C22H28N4O2. The monoisotopic (exact) mass is 380 g/mol. The molecule has 1 fully saturated rings. The average molecular weight is 380 g/mol. The van der Waals surface area contributed by atoms with Crippen molar-refractivity contribution in [3.05, 3.63) is 35.9 Å². The van der Waals surface area contributed by atoms with Crippen molar-refractivity contribution in [1.82, 2.24) is 0 Å². The zero-order valence-corrected chi connectivity index (χ0v) is 16.3. The van der Waals surface area contributed by atoms with Gasteiger partial charge in [0.05, 0.1) is 0 Å². The minimum atomic E-state index is -0.825. The van der Waals surface area contributed by atoms with Gasteiger partial charge in [-0.3, -0.25) is 14.5 Å². The maximum Gasteiger partial charge on any atom is 0.303 e. The maximum atomic E-state index is 12.5. The average Bonchev–Trinajstić information content (AvgIpc) is 2.69. The summed E-state index contributed by atoms with van der Waals surface area (Å²) in [6, 6.07) is 4.26. The van der Waals surface area contributed by atoms with E-state index in [4.69, 9.17) is 17.6 Å². The van der Waals surface area contributed by atoms with E-state index in [1.165, 1.54) is 16.7 Å². The van der Waals surface area contributed by atoms with Gasteiger partial charge in [0, 0.05) is 30.2 Å². The van der Waals surface area contributed by atoms with Crippen LogP contribution in [0.2, 0.25) is 0 Å². The Morgan fingerprint density at radius 1 is 1.54 bits per heavy atom. The third-order valence-corrected chi connectivity index (χ3v) is 5.29. The van der Waals surface area contributed by atoms with Crippen LogP contribution in [0.1, 0.15) is 44.1 Å². The van der Waals surface area contributed by atoms with Crippen LogP contribution in [-0.4, -0.2) is 31.1 Å². The molecule has 2 atom stereocenters. The second-order valence-corrected chi connectivity index (χ2v) is 7.19. The lowest BCUT2D eigenvalue weighted by molar-refractivity contribution is -0.122. The van der Waals surface area contributed by atoms with E-state index in [2.05, 4.69) is 17.8 Å². The number of carbonyl (C=O) groups excluding carboxylic acids is 2. The Kier molecular flexibility index (Phi) is 7.39. The molecule has 6 nitrogen and oxygen atoms in total. The van der Waals surface area contributed by atoms with Gasteiger partial charge in [-0.2, -0.15) is 0 Å². The zero-order valence-electron chi connectivity index (χ0n) is 16.3. The van der Waals surface area contributed by atoms with E-state index in [0.717, 1.165) is 32.1 Å². The van der Waals surface area contributed by atoms with Crippen molar-refractivity contribution < 1.29 is 9.59 Å². The molecule has 1 aliphatic carbocycles. The first-order chi connectivity index (χ1) is 13.4. The number of allylic oxidation sites excluding steroid dienone is 1. The maximum absolute atomic E-state index is 12.5. The molecule has 0 aromatic heterocycles. The number of anilines is 2. The minimum Gasteiger partial charge on any atom is -0.388 e. The van der Waals surface area contributed by atoms with Crippen molar-refractivity contribution in [1.29, 1.82) is 5.41 Å². The molecule has 28 heavy (non-hydrogen) atoms. The van der Waals surface area contributed by atoms with Crippen LogP contribution in [0.25, 0.3) is 0 Å². The van der Waals surface area contributed by atoms with E-state index in [0.29, 0.717) is 29.3 Å². The number of primary amides is 1. The molecule has 6 heteroatoms. The summed E-state index contributed by atoms with van der Waals surface area (Å²) in [5, 5.41) is 10.5. The van der Waals surface area contributed by atoms with E-state index in [1.807, 2.05) is 0 Å². The van der Waals surface area contributed by atoms with Crippen molar-refractivity contribution in [3.63, 3.8) is 0 Å². The first-order valence-electron chi connectivity index (χ1n) is 9.49. The fraction of sp³-hybridized carbons (Fsp3) is 0.409. The standard InChI is InChI=1S/C22H28N4O2/c1-4-21(27)26(18-10-9-17(14-23)19(13-18)25-3)20(22(24)28)11-8-16-7-5-6-15(2)12-16/h1,9-10,13-14,16,20,23,25H,2,5-8,11-12H2,3H3,(H2,24,28). The van der Waals surface area contributed by atoms with Crippen LogP contribution in [0, 0.1) is 23.7 Å². The van der Waals surface area contributed by atoms with Crippen LogP contribution in [0.4, 0.5) is 11.4 Å². The smallest absolute Gasteiger partial charge is 0.303 e. The van der Waals surface area contributed by atoms with Gasteiger partial charge in [0.15, 0.2) is 0 Å². The number of carbonyl (C=O) groups is 2. The summed E-state index contributed by atoms with van der Waals surface area (Å²) in [4.78, 5) is 26.1. The van der Waals surface area contributed by atoms with E-state index in [-0.39, 0.29) is 0 Å². The molecule has 4 N–H and O–H groups in total. The Labute approximate surface area is 166 Å². The number of hydrogen-bond donors (Lipinski definition) is 3. The molecule has 2 amide bonds. The molecule has 0 radical (unpaired) electrons. The highest BCUT2D eigenvalue weighted by molar-refractivity contribution is 6.09. The van der Waals surface area contributed by atoms with Gasteiger partial charge in [0.2, 0.25) is 5.91 Å². The molecule has 0 heterocycles. The van der Waals surface area contributed by atoms with Gasteiger partial charge in [0.25, 0.3) is 0 Å². The second-order valence-electron chi connectivity index (χ2n) is 7.19. The number of nitrogens with zero attached hydrogens (tertiary/aromatic N) is 1. The van der Waals surface area contributed by atoms with Gasteiger partial charge < -0.3 is 16.5 Å². The highest BCUT2D eigenvalue weighted by Crippen LogP contribution is 2.32. The van der Waals surface area contributed by atoms with E-state index < -0.39 is 17.9 Å². The second kappa shape index (κ2) is 9.75. The van der Waals surface area contributed by atoms with E-state index in [9.17, 15) is 9.59 Å². The molecule has 1 aromatic carbocycles. The number of terminal acetylenes is 1. The summed E-state index contributed by atoms with van der Waals surface area (Å²) < 4.78 is 0. The Bertz CT molecular complexity index is 809. The fourth-order valence-electron chi connectivity index (χ4n) is 3.84. The third-order valence-electron chi connectivity index (χ3n) is 5.29. The van der Waals surface area contributed by atoms with Gasteiger partial charge in [-0.1, -0.05) is 12.2 Å². The minimum absolute atomic E-state index is 0.444. The lowest BCUT2D eigenvalue weighted by Gasteiger charge is -2.31. The molecule has 1 saturated carbocycles. The number of amides is 2. The number of rotatable bonds is 8. The summed E-state index contributed by atoms with van der Waals surface area (Å²) in [5.41, 5.74) is 8.71. The van der Waals surface area contributed by atoms with Gasteiger partial charge in [0.1, 0.15) is 6.04 Å². The van der Waals surface area contributed by atoms with Crippen molar-refractivity contribution in [3.8, 4) is 12.3 Å². The lowest BCUT2D eigenvalue weighted by Crippen LogP contribution is -2.48. The van der Waals surface area contributed by atoms with Crippen LogP contribution in [-0.2, 0) is 9.59 Å². The SMILES string of the molecule is C#CC(=O)N(c1ccc(C=N)c(NC)c1)C(CCC1CCCC(=C)C1)C(N)=O. The largest absolute Gasteiger partial charge is 0.388 e. The Morgan fingerprint density at radius 2 is 2.29 bits per heavy atom. The normalized spacial score (nSPS) is 17.3.